The Morgan fingerprint density at radius 2 is 0.468 bits per heavy atom. The Morgan fingerprint density at radius 3 is 0.660 bits per heavy atom. The van der Waals surface area contributed by atoms with E-state index < -0.39 is 85.7 Å². The van der Waals surface area contributed by atoms with E-state index in [1.807, 2.05) is 0 Å². The molecule has 0 aliphatic heterocycles. The zero-order valence-corrected chi connectivity index (χ0v) is 19.9. The molecular formula is C14H3F27O6. The first-order valence-corrected chi connectivity index (χ1v) is 9.56. The van der Waals surface area contributed by atoms with Gasteiger partial charge in [0.2, 0.25) is 0 Å². The molecule has 0 rings (SSSR count). The van der Waals surface area contributed by atoms with Crippen molar-refractivity contribution in [1.82, 2.24) is 0 Å². The van der Waals surface area contributed by atoms with E-state index in [-0.39, 0.29) is 0 Å². The maximum atomic E-state index is 13.3. The van der Waals surface area contributed by atoms with Crippen molar-refractivity contribution in [2.75, 3.05) is 6.61 Å². The lowest BCUT2D eigenvalue weighted by Crippen LogP contribution is -2.65. The van der Waals surface area contributed by atoms with Crippen molar-refractivity contribution < 1.29 is 147 Å². The summed E-state index contributed by atoms with van der Waals surface area (Å²) in [5.74, 6) is -16.7. The molecule has 0 radical (unpaired) electrons. The van der Waals surface area contributed by atoms with E-state index in [0.29, 0.717) is 0 Å². The van der Waals surface area contributed by atoms with Crippen LogP contribution in [0, 0.1) is 0 Å². The Balaban J connectivity index is 6.35. The molecule has 0 aromatic rings. The average Bonchev–Trinajstić information content (AvgIpc) is 2.74. The smallest absolute Gasteiger partial charge is 0.387 e. The first-order chi connectivity index (χ1) is 19.8. The lowest BCUT2D eigenvalue weighted by Gasteiger charge is -2.37. The maximum Gasteiger partial charge on any atom is 0.460 e. The molecule has 0 aliphatic rings. The summed E-state index contributed by atoms with van der Waals surface area (Å²) in [5.41, 5.74) is 0. The third-order valence-corrected chi connectivity index (χ3v) is 3.96. The van der Waals surface area contributed by atoms with Gasteiger partial charge in [0.15, 0.2) is 0 Å². The molecule has 0 unspecified atom stereocenters. The van der Waals surface area contributed by atoms with Crippen LogP contribution in [0.25, 0.3) is 0 Å². The summed E-state index contributed by atoms with van der Waals surface area (Å²) in [5, 5.41) is 7.87. The first kappa shape index (κ1) is 44.9. The fourth-order valence-electron chi connectivity index (χ4n) is 1.76. The van der Waals surface area contributed by atoms with Gasteiger partial charge in [0.1, 0.15) is 6.61 Å². The van der Waals surface area contributed by atoms with Crippen LogP contribution in [0.5, 0.6) is 0 Å². The predicted octanol–water partition coefficient (Wildman–Crippen LogP) is 7.82. The fraction of sp³-hybridized carbons (Fsp3) is 1.00. The Bertz CT molecular complexity index is 1080. The number of aliphatic hydroxyl groups is 1. The van der Waals surface area contributed by atoms with Crippen LogP contribution < -0.4 is 0 Å². The average molecular weight is 780 g/mol. The van der Waals surface area contributed by atoms with E-state index in [4.69, 9.17) is 5.11 Å². The van der Waals surface area contributed by atoms with Crippen molar-refractivity contribution in [2.45, 2.75) is 79.1 Å². The molecule has 47 heavy (non-hydrogen) atoms. The van der Waals surface area contributed by atoms with Crippen molar-refractivity contribution in [2.24, 2.45) is 0 Å². The molecule has 0 fully saturated rings. The highest BCUT2D eigenvalue weighted by Gasteiger charge is 2.86. The highest BCUT2D eigenvalue weighted by Crippen LogP contribution is 2.57. The number of hydrogen-bond donors (Lipinski definition) is 1. The Hall–Kier alpha value is -2.13. The molecule has 284 valence electrons. The molecular weight excluding hydrogens is 777 g/mol. The second-order valence-electron chi connectivity index (χ2n) is 7.60. The van der Waals surface area contributed by atoms with Crippen LogP contribution in [0.15, 0.2) is 0 Å². The quantitative estimate of drug-likeness (QED) is 0.152. The van der Waals surface area contributed by atoms with Gasteiger partial charge in [0, 0.05) is 0 Å². The Morgan fingerprint density at radius 1 is 0.277 bits per heavy atom. The molecule has 6 nitrogen and oxygen atoms in total. The third-order valence-electron chi connectivity index (χ3n) is 3.96. The molecule has 0 aliphatic carbocycles. The molecule has 0 heterocycles. The normalized spacial score (nSPS) is 16.6. The van der Waals surface area contributed by atoms with Gasteiger partial charge in [-0.2, -0.15) is 119 Å². The van der Waals surface area contributed by atoms with Crippen molar-refractivity contribution in [1.29, 1.82) is 0 Å². The van der Waals surface area contributed by atoms with E-state index in [0.717, 1.165) is 14.2 Å². The minimum absolute atomic E-state index is 0.965. The van der Waals surface area contributed by atoms with Crippen LogP contribution in [-0.2, 0) is 23.7 Å². The molecule has 0 aromatic heterocycles. The molecule has 33 heteroatoms. The van der Waals surface area contributed by atoms with Crippen molar-refractivity contribution in [3.05, 3.63) is 0 Å². The summed E-state index contributed by atoms with van der Waals surface area (Å²) >= 11 is 0. The van der Waals surface area contributed by atoms with Crippen LogP contribution in [0.1, 0.15) is 0 Å². The highest BCUT2D eigenvalue weighted by molar-refractivity contribution is 4.97. The fourth-order valence-corrected chi connectivity index (χ4v) is 1.76. The summed E-state index contributed by atoms with van der Waals surface area (Å²) in [6, 6.07) is 0. The number of rotatable bonds is 17. The van der Waals surface area contributed by atoms with Gasteiger partial charge in [0.05, 0.1) is 0 Å². The maximum absolute atomic E-state index is 13.3. The zero-order valence-electron chi connectivity index (χ0n) is 19.9. The van der Waals surface area contributed by atoms with Gasteiger partial charge in [-0.05, 0) is 0 Å². The SMILES string of the molecule is OCC(F)(F)OC(F)(F)C(F)(F)OC(F)(F)C(F)(F)OC(F)(F)C(F)(F)OC(F)(F)C(F)(F)OC(F)(F)C(F)(F)C(F)(F)C(F)(F)F. The van der Waals surface area contributed by atoms with E-state index in [1.165, 1.54) is 4.74 Å². The second kappa shape index (κ2) is 12.0. The van der Waals surface area contributed by atoms with Crippen LogP contribution in [0.3, 0.4) is 0 Å². The number of ether oxygens (including phenoxy) is 5. The molecule has 1 N–H and O–H groups in total. The standard InChI is InChI=1S/C14H3F27O6/c15-2(16,1-42)43-7(26,27)8(28,29)45-11(34,35)12(36,37)47-14(40,41)13(38,39)46-10(32,33)9(30,31)44-6(24,25)4(19,20)3(17,18)5(21,22)23/h42H,1H2. The van der Waals surface area contributed by atoms with Crippen molar-refractivity contribution in [3.63, 3.8) is 0 Å². The summed E-state index contributed by atoms with van der Waals surface area (Å²) in [6.07, 6.45) is -86.5. The third kappa shape index (κ3) is 8.73. The van der Waals surface area contributed by atoms with Crippen molar-refractivity contribution >= 4 is 0 Å². The van der Waals surface area contributed by atoms with Crippen molar-refractivity contribution in [3.8, 4) is 0 Å². The number of alkyl halides is 27. The van der Waals surface area contributed by atoms with E-state index in [9.17, 15) is 119 Å². The molecule has 0 amide bonds. The van der Waals surface area contributed by atoms with Gasteiger partial charge in [-0.25, -0.2) is 23.7 Å². The van der Waals surface area contributed by atoms with Gasteiger partial charge in [-0.15, -0.1) is 0 Å². The molecule has 0 aromatic carbocycles. The summed E-state index contributed by atoms with van der Waals surface area (Å²) in [4.78, 5) is 0. The van der Waals surface area contributed by atoms with Crippen LogP contribution in [0.4, 0.5) is 119 Å². The van der Waals surface area contributed by atoms with Gasteiger partial charge in [-0.3, -0.25) is 0 Å². The Kier molecular flexibility index (Phi) is 11.5. The summed E-state index contributed by atoms with van der Waals surface area (Å²) in [6.45, 7) is -3.02. The largest absolute Gasteiger partial charge is 0.460 e. The first-order valence-electron chi connectivity index (χ1n) is 9.56. The molecule has 0 spiro atoms. The van der Waals surface area contributed by atoms with Crippen LogP contribution >= 0.6 is 0 Å². The van der Waals surface area contributed by atoms with Crippen LogP contribution in [0.2, 0.25) is 0 Å². The Labute approximate surface area is 234 Å². The zero-order chi connectivity index (χ0) is 38.7. The van der Waals surface area contributed by atoms with Gasteiger partial charge in [0.25, 0.3) is 0 Å². The summed E-state index contributed by atoms with van der Waals surface area (Å²) in [7, 11) is 0. The number of aliphatic hydroxyl groups excluding tert-OH is 1. The van der Waals surface area contributed by atoms with Gasteiger partial charge >= 0.3 is 79.1 Å². The predicted molar refractivity (Wildman–Crippen MR) is 77.9 cm³/mol. The van der Waals surface area contributed by atoms with E-state index in [2.05, 4.69) is 0 Å². The van der Waals surface area contributed by atoms with Gasteiger partial charge in [-0.1, -0.05) is 0 Å². The molecule has 0 atom stereocenters. The number of halogens is 27. The molecule has 0 saturated carbocycles. The topological polar surface area (TPSA) is 66.4 Å². The van der Waals surface area contributed by atoms with E-state index in [1.54, 1.807) is 4.74 Å². The minimum Gasteiger partial charge on any atom is -0.387 e. The van der Waals surface area contributed by atoms with E-state index >= 15 is 0 Å². The lowest BCUT2D eigenvalue weighted by atomic mass is 10.1. The monoisotopic (exact) mass is 780 g/mol. The minimum atomic E-state index is -8.45. The van der Waals surface area contributed by atoms with Crippen LogP contribution in [-0.4, -0.2) is 90.8 Å². The second-order valence-corrected chi connectivity index (χ2v) is 7.60. The molecule has 0 bridgehead atoms. The number of hydrogen-bond acceptors (Lipinski definition) is 6. The highest BCUT2D eigenvalue weighted by atomic mass is 19.4. The lowest BCUT2D eigenvalue weighted by molar-refractivity contribution is -0.591. The van der Waals surface area contributed by atoms with Gasteiger partial charge < -0.3 is 5.11 Å². The molecule has 0 saturated heterocycles. The summed E-state index contributed by atoms with van der Waals surface area (Å²) < 4.78 is 356.